The van der Waals surface area contributed by atoms with Crippen LogP contribution in [0.25, 0.3) is 0 Å². The molecule has 1 N–H and O–H groups in total. The van der Waals surface area contributed by atoms with Crippen LogP contribution >= 0.6 is 0 Å². The summed E-state index contributed by atoms with van der Waals surface area (Å²) in [6, 6.07) is 18.4. The smallest absolute Gasteiger partial charge is 0.243 e. The molecule has 2 fully saturated rings. The molecule has 0 bridgehead atoms. The fraction of sp³-hybridized carbons (Fsp3) is 0.458. The summed E-state index contributed by atoms with van der Waals surface area (Å²) in [6.07, 6.45) is 4.64. The third-order valence-corrected chi connectivity index (χ3v) is 8.27. The van der Waals surface area contributed by atoms with Gasteiger partial charge in [0.15, 0.2) is 0 Å². The Labute approximate surface area is 185 Å². The molecule has 0 aliphatic carbocycles. The highest BCUT2D eigenvalue weighted by molar-refractivity contribution is 7.89. The van der Waals surface area contributed by atoms with Crippen molar-refractivity contribution >= 4 is 15.9 Å². The van der Waals surface area contributed by atoms with Gasteiger partial charge in [-0.2, -0.15) is 4.31 Å². The highest BCUT2D eigenvalue weighted by atomic mass is 32.2. The second-order valence-electron chi connectivity index (χ2n) is 8.44. The maximum absolute atomic E-state index is 13.0. The van der Waals surface area contributed by atoms with Gasteiger partial charge < -0.3 is 5.32 Å². The quantitative estimate of drug-likeness (QED) is 0.717. The maximum atomic E-state index is 13.0. The first-order chi connectivity index (χ1) is 15.1. The van der Waals surface area contributed by atoms with Crippen molar-refractivity contribution in [1.82, 2.24) is 14.5 Å². The van der Waals surface area contributed by atoms with Crippen molar-refractivity contribution in [2.75, 3.05) is 19.6 Å². The molecule has 2 aromatic carbocycles. The first-order valence-electron chi connectivity index (χ1n) is 11.2. The fourth-order valence-corrected chi connectivity index (χ4v) is 6.35. The molecule has 0 saturated carbocycles. The number of benzene rings is 2. The van der Waals surface area contributed by atoms with E-state index in [4.69, 9.17) is 0 Å². The lowest BCUT2D eigenvalue weighted by Crippen LogP contribution is -2.51. The number of rotatable bonds is 7. The van der Waals surface area contributed by atoms with E-state index in [1.165, 1.54) is 16.3 Å². The molecule has 31 heavy (non-hydrogen) atoms. The second kappa shape index (κ2) is 9.94. The van der Waals surface area contributed by atoms with Gasteiger partial charge in [-0.15, -0.1) is 0 Å². The lowest BCUT2D eigenvalue weighted by atomic mass is 10.0. The third-order valence-electron chi connectivity index (χ3n) is 6.35. The van der Waals surface area contributed by atoms with Gasteiger partial charge in [0.2, 0.25) is 15.9 Å². The Balaban J connectivity index is 1.39. The summed E-state index contributed by atoms with van der Waals surface area (Å²) in [6.45, 7) is 2.84. The van der Waals surface area contributed by atoms with E-state index in [1.54, 1.807) is 30.3 Å². The molecule has 2 atom stereocenters. The monoisotopic (exact) mass is 441 g/mol. The number of hydrogen-bond acceptors (Lipinski definition) is 4. The summed E-state index contributed by atoms with van der Waals surface area (Å²) < 4.78 is 27.5. The highest BCUT2D eigenvalue weighted by Gasteiger charge is 2.39. The van der Waals surface area contributed by atoms with E-state index in [0.717, 1.165) is 25.9 Å². The molecule has 2 saturated heterocycles. The van der Waals surface area contributed by atoms with E-state index in [2.05, 4.69) is 34.5 Å². The van der Waals surface area contributed by atoms with E-state index in [-0.39, 0.29) is 16.8 Å². The summed E-state index contributed by atoms with van der Waals surface area (Å²) in [4.78, 5) is 15.7. The molecule has 166 valence electrons. The normalized spacial score (nSPS) is 23.0. The number of nitrogens with one attached hydrogen (secondary N) is 1. The number of sulfonamides is 1. The lowest BCUT2D eigenvalue weighted by molar-refractivity contribution is -0.124. The highest BCUT2D eigenvalue weighted by Crippen LogP contribution is 2.26. The van der Waals surface area contributed by atoms with E-state index in [0.29, 0.717) is 25.9 Å². The van der Waals surface area contributed by atoms with Crippen LogP contribution in [0, 0.1) is 0 Å². The molecule has 0 aromatic heterocycles. The van der Waals surface area contributed by atoms with E-state index in [9.17, 15) is 13.2 Å². The number of hydrogen-bond donors (Lipinski definition) is 1. The van der Waals surface area contributed by atoms with Crippen LogP contribution in [-0.4, -0.2) is 55.2 Å². The minimum atomic E-state index is -3.67. The van der Waals surface area contributed by atoms with Crippen LogP contribution in [-0.2, 0) is 21.4 Å². The van der Waals surface area contributed by atoms with Gasteiger partial charge in [-0.1, -0.05) is 55.0 Å². The van der Waals surface area contributed by atoms with Gasteiger partial charge in [-0.05, 0) is 49.9 Å². The topological polar surface area (TPSA) is 69.7 Å². The van der Waals surface area contributed by atoms with Crippen LogP contribution in [0.5, 0.6) is 0 Å². The Morgan fingerprint density at radius 3 is 2.35 bits per heavy atom. The number of carbonyl (C=O) groups excluding carboxylic acids is 1. The van der Waals surface area contributed by atoms with Gasteiger partial charge in [0.05, 0.1) is 4.90 Å². The van der Waals surface area contributed by atoms with Gasteiger partial charge in [0, 0.05) is 25.7 Å². The minimum absolute atomic E-state index is 0.178. The van der Waals surface area contributed by atoms with Crippen molar-refractivity contribution < 1.29 is 13.2 Å². The van der Waals surface area contributed by atoms with Crippen molar-refractivity contribution in [3.63, 3.8) is 0 Å². The average Bonchev–Trinajstić information content (AvgIpc) is 3.31. The Hall–Kier alpha value is -2.22. The van der Waals surface area contributed by atoms with Crippen LogP contribution in [0.15, 0.2) is 65.6 Å². The van der Waals surface area contributed by atoms with Gasteiger partial charge in [-0.3, -0.25) is 9.69 Å². The van der Waals surface area contributed by atoms with Gasteiger partial charge in [0.25, 0.3) is 0 Å². The van der Waals surface area contributed by atoms with E-state index >= 15 is 0 Å². The Bertz CT molecular complexity index is 966. The van der Waals surface area contributed by atoms with Gasteiger partial charge in [-0.25, -0.2) is 8.42 Å². The zero-order valence-electron chi connectivity index (χ0n) is 17.8. The fourth-order valence-electron chi connectivity index (χ4n) is 4.67. The second-order valence-corrected chi connectivity index (χ2v) is 10.3. The van der Waals surface area contributed by atoms with Crippen LogP contribution in [0.1, 0.15) is 37.7 Å². The first kappa shape index (κ1) is 22.0. The number of piperidine rings is 1. The summed E-state index contributed by atoms with van der Waals surface area (Å²) in [7, 11) is -3.67. The van der Waals surface area contributed by atoms with Crippen LogP contribution in [0.2, 0.25) is 0 Å². The first-order valence-corrected chi connectivity index (χ1v) is 12.6. The molecule has 2 heterocycles. The lowest BCUT2D eigenvalue weighted by Gasteiger charge is -2.36. The van der Waals surface area contributed by atoms with Crippen molar-refractivity contribution in [3.8, 4) is 0 Å². The van der Waals surface area contributed by atoms with E-state index in [1.807, 2.05) is 6.07 Å². The Kier molecular flexibility index (Phi) is 7.05. The molecule has 2 aliphatic rings. The predicted octanol–water partition coefficient (Wildman–Crippen LogP) is 3.01. The summed E-state index contributed by atoms with van der Waals surface area (Å²) >= 11 is 0. The van der Waals surface area contributed by atoms with Crippen LogP contribution in [0.3, 0.4) is 0 Å². The third kappa shape index (κ3) is 5.17. The largest absolute Gasteiger partial charge is 0.353 e. The SMILES string of the molecule is O=C(NCC1CCCCN1Cc1ccccc1)C1CCCN1S(=O)(=O)c1ccccc1. The molecular weight excluding hydrogens is 410 g/mol. The molecule has 7 heteroatoms. The molecular formula is C24H31N3O3S. The molecule has 2 aromatic rings. The molecule has 6 nitrogen and oxygen atoms in total. The standard InChI is InChI=1S/C24H31N3O3S/c28-24(23-15-9-17-27(23)31(29,30)22-13-5-2-6-14-22)25-18-21-12-7-8-16-26(21)19-20-10-3-1-4-11-20/h1-6,10-11,13-14,21,23H,7-9,12,15-19H2,(H,25,28). The average molecular weight is 442 g/mol. The van der Waals surface area contributed by atoms with E-state index < -0.39 is 16.1 Å². The van der Waals surface area contributed by atoms with Crippen LogP contribution < -0.4 is 5.32 Å². The minimum Gasteiger partial charge on any atom is -0.353 e. The van der Waals surface area contributed by atoms with Crippen LogP contribution in [0.4, 0.5) is 0 Å². The Morgan fingerprint density at radius 2 is 1.61 bits per heavy atom. The molecule has 2 unspecified atom stereocenters. The molecule has 2 aliphatic heterocycles. The van der Waals surface area contributed by atoms with Crippen molar-refractivity contribution in [3.05, 3.63) is 66.2 Å². The number of nitrogens with zero attached hydrogens (tertiary/aromatic N) is 2. The summed E-state index contributed by atoms with van der Waals surface area (Å²) in [5, 5.41) is 3.08. The number of likely N-dealkylation sites (tertiary alicyclic amines) is 1. The molecule has 0 radical (unpaired) electrons. The maximum Gasteiger partial charge on any atom is 0.243 e. The van der Waals surface area contributed by atoms with Crippen molar-refractivity contribution in [1.29, 1.82) is 0 Å². The number of amides is 1. The van der Waals surface area contributed by atoms with Gasteiger partial charge in [0.1, 0.15) is 6.04 Å². The zero-order valence-corrected chi connectivity index (χ0v) is 18.6. The predicted molar refractivity (Wildman–Crippen MR) is 121 cm³/mol. The zero-order chi connectivity index (χ0) is 21.7. The number of carbonyl (C=O) groups is 1. The van der Waals surface area contributed by atoms with Crippen molar-refractivity contribution in [2.24, 2.45) is 0 Å². The summed E-state index contributed by atoms with van der Waals surface area (Å²) in [5.41, 5.74) is 1.27. The summed E-state index contributed by atoms with van der Waals surface area (Å²) in [5.74, 6) is -0.178. The molecule has 1 amide bonds. The Morgan fingerprint density at radius 1 is 0.903 bits per heavy atom. The molecule has 4 rings (SSSR count). The molecule has 0 spiro atoms. The van der Waals surface area contributed by atoms with Gasteiger partial charge >= 0.3 is 0 Å². The van der Waals surface area contributed by atoms with Crippen molar-refractivity contribution in [2.45, 2.75) is 55.6 Å².